The number of fused-ring (bicyclic) bond motifs is 1. The molecule has 17 heavy (non-hydrogen) atoms. The lowest BCUT2D eigenvalue weighted by atomic mass is 10.1. The van der Waals surface area contributed by atoms with E-state index in [-0.39, 0.29) is 11.9 Å². The Labute approximate surface area is 100 Å². The molecule has 0 radical (unpaired) electrons. The van der Waals surface area contributed by atoms with Gasteiger partial charge in [0.25, 0.3) is 0 Å². The average Bonchev–Trinajstić information content (AvgIpc) is 2.70. The molecule has 4 nitrogen and oxygen atoms in total. The maximum atomic E-state index is 11.7. The first kappa shape index (κ1) is 11.7. The molecular formula is C13H17N3O. The number of hydrogen-bond donors (Lipinski definition) is 3. The molecule has 1 amide bonds. The first-order chi connectivity index (χ1) is 8.16. The fourth-order valence-electron chi connectivity index (χ4n) is 1.79. The van der Waals surface area contributed by atoms with Crippen molar-refractivity contribution < 1.29 is 4.79 Å². The molecular weight excluding hydrogens is 214 g/mol. The standard InChI is InChI=1S/C13H17N3O/c1-9(14)7-16-13(17)6-10-8-15-12-5-3-2-4-11(10)12/h2-5,8-9,15H,6-7,14H2,1H3,(H,16,17). The van der Waals surface area contributed by atoms with E-state index in [9.17, 15) is 4.79 Å². The summed E-state index contributed by atoms with van der Waals surface area (Å²) in [6.45, 7) is 2.38. The summed E-state index contributed by atoms with van der Waals surface area (Å²) in [5, 5.41) is 3.91. The number of carbonyl (C=O) groups is 1. The van der Waals surface area contributed by atoms with Gasteiger partial charge in [-0.05, 0) is 18.6 Å². The number of aromatic amines is 1. The number of carbonyl (C=O) groups excluding carboxylic acids is 1. The summed E-state index contributed by atoms with van der Waals surface area (Å²) < 4.78 is 0. The van der Waals surface area contributed by atoms with E-state index in [0.29, 0.717) is 13.0 Å². The Morgan fingerprint density at radius 1 is 1.47 bits per heavy atom. The van der Waals surface area contributed by atoms with Crippen LogP contribution in [0.4, 0.5) is 0 Å². The van der Waals surface area contributed by atoms with Gasteiger partial charge in [-0.25, -0.2) is 0 Å². The second-order valence-electron chi connectivity index (χ2n) is 4.32. The molecule has 0 fully saturated rings. The first-order valence-electron chi connectivity index (χ1n) is 5.74. The number of nitrogens with one attached hydrogen (secondary N) is 2. The van der Waals surface area contributed by atoms with Gasteiger partial charge in [0, 0.05) is 29.7 Å². The van der Waals surface area contributed by atoms with E-state index in [0.717, 1.165) is 16.5 Å². The van der Waals surface area contributed by atoms with Gasteiger partial charge in [-0.1, -0.05) is 18.2 Å². The van der Waals surface area contributed by atoms with Crippen molar-refractivity contribution in [2.45, 2.75) is 19.4 Å². The molecule has 0 spiro atoms. The van der Waals surface area contributed by atoms with E-state index in [4.69, 9.17) is 5.73 Å². The SMILES string of the molecule is CC(N)CNC(=O)Cc1c[nH]c2ccccc12. The van der Waals surface area contributed by atoms with Crippen LogP contribution < -0.4 is 11.1 Å². The molecule has 1 aromatic heterocycles. The highest BCUT2D eigenvalue weighted by molar-refractivity contribution is 5.88. The molecule has 0 aliphatic rings. The molecule has 0 bridgehead atoms. The molecule has 0 aliphatic carbocycles. The van der Waals surface area contributed by atoms with Crippen molar-refractivity contribution in [2.75, 3.05) is 6.54 Å². The lowest BCUT2D eigenvalue weighted by Crippen LogP contribution is -2.35. The maximum absolute atomic E-state index is 11.7. The molecule has 2 aromatic rings. The van der Waals surface area contributed by atoms with Gasteiger partial charge in [0.05, 0.1) is 6.42 Å². The van der Waals surface area contributed by atoms with Crippen molar-refractivity contribution in [3.05, 3.63) is 36.0 Å². The van der Waals surface area contributed by atoms with Crippen molar-refractivity contribution in [3.63, 3.8) is 0 Å². The van der Waals surface area contributed by atoms with E-state index in [1.165, 1.54) is 0 Å². The summed E-state index contributed by atoms with van der Waals surface area (Å²) in [7, 11) is 0. The largest absolute Gasteiger partial charge is 0.361 e. The van der Waals surface area contributed by atoms with Crippen LogP contribution in [-0.4, -0.2) is 23.5 Å². The molecule has 2 rings (SSSR count). The molecule has 1 heterocycles. The average molecular weight is 231 g/mol. The molecule has 1 atom stereocenters. The Morgan fingerprint density at radius 3 is 3.00 bits per heavy atom. The van der Waals surface area contributed by atoms with Crippen LogP contribution in [0.5, 0.6) is 0 Å². The number of benzene rings is 1. The predicted octanol–water partition coefficient (Wildman–Crippen LogP) is 1.17. The molecule has 1 unspecified atom stereocenters. The minimum absolute atomic E-state index is 0.00653. The highest BCUT2D eigenvalue weighted by Gasteiger charge is 2.08. The van der Waals surface area contributed by atoms with E-state index in [1.54, 1.807) is 0 Å². The zero-order valence-electron chi connectivity index (χ0n) is 9.86. The smallest absolute Gasteiger partial charge is 0.224 e. The van der Waals surface area contributed by atoms with Gasteiger partial charge in [-0.3, -0.25) is 4.79 Å². The quantitative estimate of drug-likeness (QED) is 0.739. The minimum Gasteiger partial charge on any atom is -0.361 e. The topological polar surface area (TPSA) is 70.9 Å². The second kappa shape index (κ2) is 5.01. The van der Waals surface area contributed by atoms with Crippen LogP contribution in [0.2, 0.25) is 0 Å². The van der Waals surface area contributed by atoms with E-state index < -0.39 is 0 Å². The Balaban J connectivity index is 2.06. The lowest BCUT2D eigenvalue weighted by molar-refractivity contribution is -0.120. The van der Waals surface area contributed by atoms with Crippen LogP contribution in [0.15, 0.2) is 30.5 Å². The van der Waals surface area contributed by atoms with Gasteiger partial charge in [0.2, 0.25) is 5.91 Å². The number of aromatic nitrogens is 1. The minimum atomic E-state index is -0.0121. The van der Waals surface area contributed by atoms with Crippen LogP contribution in [0, 0.1) is 0 Å². The molecule has 4 N–H and O–H groups in total. The zero-order chi connectivity index (χ0) is 12.3. The third-order valence-corrected chi connectivity index (χ3v) is 2.65. The Bertz CT molecular complexity index is 516. The summed E-state index contributed by atoms with van der Waals surface area (Å²) in [4.78, 5) is 14.8. The van der Waals surface area contributed by atoms with Crippen molar-refractivity contribution >= 4 is 16.8 Å². The van der Waals surface area contributed by atoms with Crippen LogP contribution >= 0.6 is 0 Å². The Hall–Kier alpha value is -1.81. The fraction of sp³-hybridized carbons (Fsp3) is 0.308. The summed E-state index contributed by atoms with van der Waals surface area (Å²) >= 11 is 0. The van der Waals surface area contributed by atoms with Gasteiger partial charge < -0.3 is 16.0 Å². The molecule has 0 saturated carbocycles. The molecule has 0 saturated heterocycles. The van der Waals surface area contributed by atoms with Gasteiger partial charge in [-0.2, -0.15) is 0 Å². The number of hydrogen-bond acceptors (Lipinski definition) is 2. The van der Waals surface area contributed by atoms with E-state index >= 15 is 0 Å². The van der Waals surface area contributed by atoms with Gasteiger partial charge in [0.15, 0.2) is 0 Å². The number of para-hydroxylation sites is 1. The van der Waals surface area contributed by atoms with Crippen LogP contribution in [0.25, 0.3) is 10.9 Å². The zero-order valence-corrected chi connectivity index (χ0v) is 9.86. The van der Waals surface area contributed by atoms with Crippen molar-refractivity contribution in [1.82, 2.24) is 10.3 Å². The summed E-state index contributed by atoms with van der Waals surface area (Å²) in [5.41, 5.74) is 7.66. The fourth-order valence-corrected chi connectivity index (χ4v) is 1.79. The van der Waals surface area contributed by atoms with Crippen LogP contribution in [0.1, 0.15) is 12.5 Å². The number of amides is 1. The first-order valence-corrected chi connectivity index (χ1v) is 5.74. The maximum Gasteiger partial charge on any atom is 0.224 e. The van der Waals surface area contributed by atoms with E-state index in [2.05, 4.69) is 10.3 Å². The highest BCUT2D eigenvalue weighted by atomic mass is 16.1. The Kier molecular flexibility index (Phi) is 3.44. The normalized spacial score (nSPS) is 12.6. The lowest BCUT2D eigenvalue weighted by Gasteiger charge is -2.07. The van der Waals surface area contributed by atoms with Gasteiger partial charge in [0.1, 0.15) is 0 Å². The third-order valence-electron chi connectivity index (χ3n) is 2.65. The van der Waals surface area contributed by atoms with Crippen molar-refractivity contribution in [1.29, 1.82) is 0 Å². The highest BCUT2D eigenvalue weighted by Crippen LogP contribution is 2.17. The molecule has 90 valence electrons. The van der Waals surface area contributed by atoms with Crippen LogP contribution in [0.3, 0.4) is 0 Å². The summed E-state index contributed by atoms with van der Waals surface area (Å²) in [6.07, 6.45) is 2.27. The van der Waals surface area contributed by atoms with Crippen molar-refractivity contribution in [3.8, 4) is 0 Å². The predicted molar refractivity (Wildman–Crippen MR) is 68.7 cm³/mol. The van der Waals surface area contributed by atoms with Gasteiger partial charge in [-0.15, -0.1) is 0 Å². The monoisotopic (exact) mass is 231 g/mol. The summed E-state index contributed by atoms with van der Waals surface area (Å²) in [5.74, 6) is 0.00653. The third kappa shape index (κ3) is 2.85. The molecule has 4 heteroatoms. The summed E-state index contributed by atoms with van der Waals surface area (Å²) in [6, 6.07) is 7.94. The second-order valence-corrected chi connectivity index (χ2v) is 4.32. The van der Waals surface area contributed by atoms with Gasteiger partial charge >= 0.3 is 0 Å². The molecule has 1 aromatic carbocycles. The van der Waals surface area contributed by atoms with Crippen LogP contribution in [-0.2, 0) is 11.2 Å². The molecule has 0 aliphatic heterocycles. The number of rotatable bonds is 4. The van der Waals surface area contributed by atoms with Crippen molar-refractivity contribution in [2.24, 2.45) is 5.73 Å². The number of nitrogens with two attached hydrogens (primary N) is 1. The van der Waals surface area contributed by atoms with E-state index in [1.807, 2.05) is 37.4 Å². The Morgan fingerprint density at radius 2 is 2.24 bits per heavy atom. The number of H-pyrrole nitrogens is 1.